The molecule has 1 fully saturated rings. The lowest BCUT2D eigenvalue weighted by Gasteiger charge is -2.31. The summed E-state index contributed by atoms with van der Waals surface area (Å²) >= 11 is 0. The summed E-state index contributed by atoms with van der Waals surface area (Å²) < 4.78 is 5.35. The largest absolute Gasteiger partial charge is 0.467 e. The number of hydrogen-bond acceptors (Lipinski definition) is 5. The minimum atomic E-state index is -1.11. The Balaban J connectivity index is 1.55. The summed E-state index contributed by atoms with van der Waals surface area (Å²) in [6.45, 7) is 0.140. The Morgan fingerprint density at radius 2 is 1.73 bits per heavy atom. The Bertz CT molecular complexity index is 1380. The lowest BCUT2D eigenvalue weighted by Crippen LogP contribution is -2.50. The fraction of sp³-hybridized carbons (Fsp3) is 0.241. The van der Waals surface area contributed by atoms with Crippen LogP contribution in [0.5, 0.6) is 0 Å². The van der Waals surface area contributed by atoms with Crippen molar-refractivity contribution in [2.75, 3.05) is 4.90 Å². The molecule has 3 amide bonds. The summed E-state index contributed by atoms with van der Waals surface area (Å²) in [5, 5.41) is 6.52. The van der Waals surface area contributed by atoms with E-state index in [-0.39, 0.29) is 12.6 Å². The van der Waals surface area contributed by atoms with Gasteiger partial charge in [-0.1, -0.05) is 61.4 Å². The van der Waals surface area contributed by atoms with E-state index in [4.69, 9.17) is 4.42 Å². The highest BCUT2D eigenvalue weighted by molar-refractivity contribution is 6.41. The number of anilines is 1. The monoisotopic (exact) mass is 496 g/mol. The van der Waals surface area contributed by atoms with Crippen LogP contribution in [0.2, 0.25) is 0 Å². The van der Waals surface area contributed by atoms with Crippen molar-refractivity contribution in [1.82, 2.24) is 15.6 Å². The summed E-state index contributed by atoms with van der Waals surface area (Å²) in [4.78, 5) is 46.5. The Labute approximate surface area is 214 Å². The van der Waals surface area contributed by atoms with Gasteiger partial charge in [0.15, 0.2) is 0 Å². The first kappa shape index (κ1) is 24.2. The maximum Gasteiger partial charge on any atom is 0.317 e. The van der Waals surface area contributed by atoms with Crippen LogP contribution in [0.15, 0.2) is 89.7 Å². The van der Waals surface area contributed by atoms with Crippen molar-refractivity contribution in [3.05, 3.63) is 96.6 Å². The van der Waals surface area contributed by atoms with Gasteiger partial charge in [-0.15, -0.1) is 0 Å². The molecular formula is C29H28N4O4. The number of amides is 3. The number of nitrogens with zero attached hydrogens (tertiary/aromatic N) is 2. The second-order valence-corrected chi connectivity index (χ2v) is 9.13. The molecular weight excluding hydrogens is 468 g/mol. The van der Waals surface area contributed by atoms with Gasteiger partial charge in [0, 0.05) is 11.4 Å². The number of para-hydroxylation sites is 1. The Kier molecular flexibility index (Phi) is 7.26. The first-order valence-corrected chi connectivity index (χ1v) is 12.4. The van der Waals surface area contributed by atoms with E-state index >= 15 is 0 Å². The van der Waals surface area contributed by atoms with Crippen molar-refractivity contribution in [2.45, 2.75) is 44.3 Å². The zero-order valence-electron chi connectivity index (χ0n) is 20.3. The molecule has 0 radical (unpaired) electrons. The number of aromatic nitrogens is 1. The molecule has 2 N–H and O–H groups in total. The topological polar surface area (TPSA) is 105 Å². The van der Waals surface area contributed by atoms with Gasteiger partial charge in [-0.05, 0) is 42.7 Å². The minimum Gasteiger partial charge on any atom is -0.467 e. The van der Waals surface area contributed by atoms with E-state index in [0.717, 1.165) is 36.6 Å². The third-order valence-electron chi connectivity index (χ3n) is 6.60. The van der Waals surface area contributed by atoms with Crippen LogP contribution in [0.3, 0.4) is 0 Å². The molecule has 0 spiro atoms. The van der Waals surface area contributed by atoms with Crippen LogP contribution in [0.1, 0.15) is 43.0 Å². The number of furan rings is 1. The molecule has 4 aromatic rings. The predicted octanol–water partition coefficient (Wildman–Crippen LogP) is 4.28. The maximum atomic E-state index is 13.8. The predicted molar refractivity (Wildman–Crippen MR) is 139 cm³/mol. The van der Waals surface area contributed by atoms with Gasteiger partial charge < -0.3 is 15.1 Å². The van der Waals surface area contributed by atoms with Crippen molar-refractivity contribution < 1.29 is 18.8 Å². The summed E-state index contributed by atoms with van der Waals surface area (Å²) in [5.74, 6) is -1.42. The smallest absolute Gasteiger partial charge is 0.317 e. The van der Waals surface area contributed by atoms with Gasteiger partial charge in [-0.3, -0.25) is 24.3 Å². The van der Waals surface area contributed by atoms with Gasteiger partial charge in [-0.25, -0.2) is 0 Å². The molecule has 0 unspecified atom stereocenters. The highest BCUT2D eigenvalue weighted by atomic mass is 16.3. The highest BCUT2D eigenvalue weighted by Gasteiger charge is 2.37. The Morgan fingerprint density at radius 1 is 0.973 bits per heavy atom. The zero-order chi connectivity index (χ0) is 25.6. The first-order chi connectivity index (χ1) is 18.1. The van der Waals surface area contributed by atoms with Crippen molar-refractivity contribution >= 4 is 34.3 Å². The molecule has 0 aliphatic heterocycles. The van der Waals surface area contributed by atoms with Crippen LogP contribution < -0.4 is 15.5 Å². The summed E-state index contributed by atoms with van der Waals surface area (Å²) in [6, 6.07) is 20.5. The molecule has 1 aliphatic rings. The van der Waals surface area contributed by atoms with Crippen molar-refractivity contribution in [1.29, 1.82) is 0 Å². The average molecular weight is 497 g/mol. The van der Waals surface area contributed by atoms with Crippen LogP contribution >= 0.6 is 0 Å². The molecule has 1 aliphatic carbocycles. The van der Waals surface area contributed by atoms with E-state index in [0.29, 0.717) is 17.0 Å². The number of pyridine rings is 1. The molecule has 8 heteroatoms. The lowest BCUT2D eigenvalue weighted by molar-refractivity contribution is -0.139. The maximum absolute atomic E-state index is 13.8. The molecule has 2 heterocycles. The number of nitrogens with one attached hydrogen (secondary N) is 2. The normalized spacial score (nSPS) is 14.3. The molecule has 8 nitrogen and oxygen atoms in total. The van der Waals surface area contributed by atoms with E-state index in [1.54, 1.807) is 42.5 Å². The van der Waals surface area contributed by atoms with E-state index < -0.39 is 23.8 Å². The van der Waals surface area contributed by atoms with E-state index in [9.17, 15) is 14.4 Å². The number of benzene rings is 2. The van der Waals surface area contributed by atoms with E-state index in [1.165, 1.54) is 17.4 Å². The highest BCUT2D eigenvalue weighted by Crippen LogP contribution is 2.30. The quantitative estimate of drug-likeness (QED) is 0.372. The number of carbonyl (C=O) groups excluding carboxylic acids is 3. The van der Waals surface area contributed by atoms with Crippen LogP contribution in [-0.2, 0) is 20.9 Å². The number of rotatable bonds is 7. The van der Waals surface area contributed by atoms with Gasteiger partial charge in [0.05, 0.1) is 30.2 Å². The summed E-state index contributed by atoms with van der Waals surface area (Å²) in [5.41, 5.74) is 1.66. The first-order valence-electron chi connectivity index (χ1n) is 12.4. The van der Waals surface area contributed by atoms with E-state index in [2.05, 4.69) is 15.6 Å². The number of carbonyl (C=O) groups is 3. The average Bonchev–Trinajstić information content (AvgIpc) is 3.65. The van der Waals surface area contributed by atoms with Crippen LogP contribution in [-0.4, -0.2) is 28.7 Å². The molecule has 37 heavy (non-hydrogen) atoms. The third kappa shape index (κ3) is 5.53. The van der Waals surface area contributed by atoms with Crippen molar-refractivity contribution in [3.8, 4) is 0 Å². The molecule has 1 saturated carbocycles. The van der Waals surface area contributed by atoms with Crippen molar-refractivity contribution in [2.24, 2.45) is 0 Å². The Morgan fingerprint density at radius 3 is 2.49 bits per heavy atom. The van der Waals surface area contributed by atoms with Gasteiger partial charge in [0.1, 0.15) is 11.8 Å². The summed E-state index contributed by atoms with van der Waals surface area (Å²) in [6.07, 6.45) is 6.75. The molecule has 2 aromatic heterocycles. The minimum absolute atomic E-state index is 0.0454. The molecule has 0 saturated heterocycles. The van der Waals surface area contributed by atoms with Gasteiger partial charge in [0.25, 0.3) is 0 Å². The van der Waals surface area contributed by atoms with Crippen LogP contribution in [0.25, 0.3) is 10.9 Å². The van der Waals surface area contributed by atoms with Gasteiger partial charge in [-0.2, -0.15) is 0 Å². The van der Waals surface area contributed by atoms with Gasteiger partial charge >= 0.3 is 11.8 Å². The lowest BCUT2D eigenvalue weighted by atomic mass is 10.0. The van der Waals surface area contributed by atoms with Crippen molar-refractivity contribution in [3.63, 3.8) is 0 Å². The SMILES string of the molecule is O=C(NC1CCCC1)C(=O)N(c1cnc2ccccc2c1)[C@@H](C(=O)NCc1ccco1)c1ccccc1. The standard InChI is InChI=1S/C29H28N4O4/c34-27(31-19-24-14-8-16-37-24)26(20-9-2-1-3-10-20)33(29(36)28(35)32-22-12-5-6-13-22)23-17-21-11-4-7-15-25(21)30-18-23/h1-4,7-11,14-18,22,26H,5-6,12-13,19H2,(H,31,34)(H,32,35)/t26-/m1/s1. The molecule has 188 valence electrons. The van der Waals surface area contributed by atoms with Crippen LogP contribution in [0, 0.1) is 0 Å². The third-order valence-corrected chi connectivity index (χ3v) is 6.60. The molecule has 1 atom stereocenters. The fourth-order valence-electron chi connectivity index (χ4n) is 4.74. The van der Waals surface area contributed by atoms with Crippen LogP contribution in [0.4, 0.5) is 5.69 Å². The van der Waals surface area contributed by atoms with Gasteiger partial charge in [0.2, 0.25) is 5.91 Å². The van der Waals surface area contributed by atoms with E-state index in [1.807, 2.05) is 30.3 Å². The second-order valence-electron chi connectivity index (χ2n) is 9.13. The zero-order valence-corrected chi connectivity index (χ0v) is 20.3. The number of fused-ring (bicyclic) bond motifs is 1. The summed E-state index contributed by atoms with van der Waals surface area (Å²) in [7, 11) is 0. The Hall–Kier alpha value is -4.46. The molecule has 2 aromatic carbocycles. The second kappa shape index (κ2) is 11.1. The molecule has 5 rings (SSSR count). The fourth-order valence-corrected chi connectivity index (χ4v) is 4.74. The molecule has 0 bridgehead atoms. The number of hydrogen-bond donors (Lipinski definition) is 2.